The molecule has 2 heterocycles. The van der Waals surface area contributed by atoms with Crippen molar-refractivity contribution in [2.45, 2.75) is 23.1 Å². The molecule has 0 saturated carbocycles. The van der Waals surface area contributed by atoms with Crippen molar-refractivity contribution in [3.63, 3.8) is 0 Å². The zero-order valence-corrected chi connectivity index (χ0v) is 15.0. The summed E-state index contributed by atoms with van der Waals surface area (Å²) in [4.78, 5) is 22.1. The normalized spacial score (nSPS) is 12.5. The molecule has 0 amide bonds. The number of hydrogen-bond donors (Lipinski definition) is 1. The van der Waals surface area contributed by atoms with Gasteiger partial charge in [-0.25, -0.2) is 9.97 Å². The minimum Gasteiger partial charge on any atom is -0.309 e. The summed E-state index contributed by atoms with van der Waals surface area (Å²) in [6.07, 6.45) is -8.58. The van der Waals surface area contributed by atoms with E-state index >= 15 is 0 Å². The van der Waals surface area contributed by atoms with E-state index in [1.807, 2.05) is 0 Å². The van der Waals surface area contributed by atoms with Gasteiger partial charge in [-0.15, -0.1) is 0 Å². The Morgan fingerprint density at radius 2 is 1.71 bits per heavy atom. The molecule has 3 aromatic rings. The van der Waals surface area contributed by atoms with Gasteiger partial charge in [-0.2, -0.15) is 26.3 Å². The van der Waals surface area contributed by atoms with Crippen LogP contribution in [0.3, 0.4) is 0 Å². The monoisotopic (exact) mass is 439 g/mol. The average Bonchev–Trinajstić information content (AvgIpc) is 2.58. The molecule has 0 spiro atoms. The quantitative estimate of drug-likeness (QED) is 0.444. The molecule has 0 saturated heterocycles. The van der Waals surface area contributed by atoms with Crippen LogP contribution in [-0.4, -0.2) is 15.0 Å². The number of aromatic amines is 1. The number of hydrogen-bond acceptors (Lipinski definition) is 4. The van der Waals surface area contributed by atoms with E-state index in [1.165, 1.54) is 0 Å². The molecule has 0 aliphatic carbocycles. The summed E-state index contributed by atoms with van der Waals surface area (Å²) in [5, 5.41) is -0.212. The largest absolute Gasteiger partial charge is 0.417 e. The van der Waals surface area contributed by atoms with E-state index in [4.69, 9.17) is 11.6 Å². The second-order valence-corrected chi connectivity index (χ2v) is 6.91. The summed E-state index contributed by atoms with van der Waals surface area (Å²) < 4.78 is 76.4. The maximum Gasteiger partial charge on any atom is 0.417 e. The maximum absolute atomic E-state index is 12.8. The molecule has 3 rings (SSSR count). The summed E-state index contributed by atoms with van der Waals surface area (Å²) in [5.74, 6) is -0.0425. The van der Waals surface area contributed by atoms with Crippen molar-refractivity contribution in [1.82, 2.24) is 15.0 Å². The van der Waals surface area contributed by atoms with Crippen LogP contribution in [0.15, 0.2) is 40.3 Å². The van der Waals surface area contributed by atoms with Crippen molar-refractivity contribution in [1.29, 1.82) is 0 Å². The third-order valence-corrected chi connectivity index (χ3v) is 4.98. The molecule has 0 aliphatic heterocycles. The van der Waals surface area contributed by atoms with E-state index in [9.17, 15) is 31.1 Å². The standard InChI is InChI=1S/C16H8ClF6N3OS/c17-10-3-8(16(21,22)23)5-24-14(10)28-6-12-25-11-4-7(15(18,19)20)1-2-9(11)13(27)26-12/h1-5H,6H2,(H,25,26,27). The number of pyridine rings is 1. The van der Waals surface area contributed by atoms with Crippen LogP contribution in [-0.2, 0) is 18.1 Å². The second kappa shape index (κ2) is 7.28. The van der Waals surface area contributed by atoms with Crippen LogP contribution in [0.2, 0.25) is 5.02 Å². The summed E-state index contributed by atoms with van der Waals surface area (Å²) in [6, 6.07) is 3.26. The minimum atomic E-state index is -4.60. The second-order valence-electron chi connectivity index (χ2n) is 5.54. The molecule has 0 atom stereocenters. The lowest BCUT2D eigenvalue weighted by atomic mass is 10.1. The van der Waals surface area contributed by atoms with E-state index in [1.54, 1.807) is 0 Å². The van der Waals surface area contributed by atoms with Gasteiger partial charge in [-0.3, -0.25) is 4.79 Å². The van der Waals surface area contributed by atoms with Gasteiger partial charge in [0.25, 0.3) is 5.56 Å². The maximum atomic E-state index is 12.8. The van der Waals surface area contributed by atoms with Gasteiger partial charge in [-0.1, -0.05) is 23.4 Å². The molecule has 4 nitrogen and oxygen atoms in total. The summed E-state index contributed by atoms with van der Waals surface area (Å²) >= 11 is 6.68. The molecule has 2 aromatic heterocycles. The first kappa shape index (κ1) is 20.5. The molecule has 148 valence electrons. The van der Waals surface area contributed by atoms with Gasteiger partial charge in [0.15, 0.2) is 0 Å². The van der Waals surface area contributed by atoms with E-state index in [0.717, 1.165) is 30.0 Å². The number of rotatable bonds is 3. The van der Waals surface area contributed by atoms with E-state index in [2.05, 4.69) is 15.0 Å². The Morgan fingerprint density at radius 3 is 2.32 bits per heavy atom. The highest BCUT2D eigenvalue weighted by molar-refractivity contribution is 7.98. The molecule has 28 heavy (non-hydrogen) atoms. The first-order valence-corrected chi connectivity index (χ1v) is 8.77. The number of fused-ring (bicyclic) bond motifs is 1. The third kappa shape index (κ3) is 4.41. The Kier molecular flexibility index (Phi) is 5.32. The minimum absolute atomic E-state index is 0.0209. The van der Waals surface area contributed by atoms with Gasteiger partial charge in [0, 0.05) is 6.20 Å². The predicted molar refractivity (Wildman–Crippen MR) is 91.2 cm³/mol. The van der Waals surface area contributed by atoms with Gasteiger partial charge in [0.05, 0.1) is 32.8 Å². The van der Waals surface area contributed by atoms with E-state index in [-0.39, 0.29) is 32.5 Å². The fraction of sp³-hybridized carbons (Fsp3) is 0.188. The van der Waals surface area contributed by atoms with Crippen LogP contribution in [0.5, 0.6) is 0 Å². The number of benzene rings is 1. The van der Waals surface area contributed by atoms with Gasteiger partial charge < -0.3 is 4.98 Å². The molecule has 0 bridgehead atoms. The van der Waals surface area contributed by atoms with Crippen LogP contribution in [0.4, 0.5) is 26.3 Å². The fourth-order valence-corrected chi connectivity index (χ4v) is 3.32. The predicted octanol–water partition coefficient (Wildman–Crippen LogP) is 5.30. The Morgan fingerprint density at radius 1 is 1.04 bits per heavy atom. The van der Waals surface area contributed by atoms with Gasteiger partial charge in [-0.05, 0) is 24.3 Å². The third-order valence-electron chi connectivity index (χ3n) is 3.56. The van der Waals surface area contributed by atoms with Crippen LogP contribution in [0.1, 0.15) is 17.0 Å². The smallest absolute Gasteiger partial charge is 0.309 e. The van der Waals surface area contributed by atoms with Crippen LogP contribution in [0, 0.1) is 0 Å². The molecular weight excluding hydrogens is 432 g/mol. The van der Waals surface area contributed by atoms with Gasteiger partial charge >= 0.3 is 12.4 Å². The van der Waals surface area contributed by atoms with Gasteiger partial charge in [0.2, 0.25) is 0 Å². The van der Waals surface area contributed by atoms with E-state index in [0.29, 0.717) is 12.3 Å². The zero-order chi connectivity index (χ0) is 20.7. The molecule has 0 fully saturated rings. The highest BCUT2D eigenvalue weighted by Crippen LogP contribution is 2.34. The topological polar surface area (TPSA) is 58.6 Å². The summed E-state index contributed by atoms with van der Waals surface area (Å²) in [5.41, 5.74) is -2.76. The number of alkyl halides is 6. The SMILES string of the molecule is O=c1[nH]c(CSc2ncc(C(F)(F)F)cc2Cl)nc2cc(C(F)(F)F)ccc12. The Bertz CT molecular complexity index is 1100. The zero-order valence-electron chi connectivity index (χ0n) is 13.5. The lowest BCUT2D eigenvalue weighted by molar-refractivity contribution is -0.138. The van der Waals surface area contributed by atoms with Crippen molar-refractivity contribution < 1.29 is 26.3 Å². The van der Waals surface area contributed by atoms with Crippen molar-refractivity contribution in [2.24, 2.45) is 0 Å². The number of halogens is 7. The van der Waals surface area contributed by atoms with Crippen molar-refractivity contribution >= 4 is 34.3 Å². The van der Waals surface area contributed by atoms with Crippen molar-refractivity contribution in [2.75, 3.05) is 0 Å². The van der Waals surface area contributed by atoms with E-state index < -0.39 is 29.0 Å². The Labute approximate surface area is 162 Å². The van der Waals surface area contributed by atoms with Crippen molar-refractivity contribution in [3.8, 4) is 0 Å². The number of aromatic nitrogens is 3. The molecule has 0 aliphatic rings. The van der Waals surface area contributed by atoms with Crippen molar-refractivity contribution in [3.05, 3.63) is 62.8 Å². The number of nitrogens with one attached hydrogen (secondary N) is 1. The number of nitrogens with zero attached hydrogens (tertiary/aromatic N) is 2. The lowest BCUT2D eigenvalue weighted by Crippen LogP contribution is -2.13. The first-order valence-electron chi connectivity index (χ1n) is 7.41. The highest BCUT2D eigenvalue weighted by Gasteiger charge is 2.32. The lowest BCUT2D eigenvalue weighted by Gasteiger charge is -2.09. The van der Waals surface area contributed by atoms with Crippen LogP contribution in [0.25, 0.3) is 10.9 Å². The molecule has 1 aromatic carbocycles. The number of thioether (sulfide) groups is 1. The first-order chi connectivity index (χ1) is 12.9. The molecule has 0 unspecified atom stereocenters. The summed E-state index contributed by atoms with van der Waals surface area (Å²) in [7, 11) is 0. The van der Waals surface area contributed by atoms with Crippen LogP contribution >= 0.6 is 23.4 Å². The Hall–Kier alpha value is -2.27. The molecule has 12 heteroatoms. The fourth-order valence-electron chi connectivity index (χ4n) is 2.26. The molecule has 0 radical (unpaired) electrons. The average molecular weight is 440 g/mol. The summed E-state index contributed by atoms with van der Waals surface area (Å²) in [6.45, 7) is 0. The number of H-pyrrole nitrogens is 1. The van der Waals surface area contributed by atoms with Gasteiger partial charge in [0.1, 0.15) is 10.9 Å². The molecular formula is C16H8ClF6N3OS. The molecule has 1 N–H and O–H groups in total. The Balaban J connectivity index is 1.88. The van der Waals surface area contributed by atoms with Crippen LogP contribution < -0.4 is 5.56 Å². The highest BCUT2D eigenvalue weighted by atomic mass is 35.5.